The largest absolute Gasteiger partial charge is 1.00 e. The van der Waals surface area contributed by atoms with Crippen LogP contribution in [-0.2, 0) is 4.74 Å². The molecule has 0 spiro atoms. The van der Waals surface area contributed by atoms with Gasteiger partial charge in [0.1, 0.15) is 5.75 Å². The van der Waals surface area contributed by atoms with Gasteiger partial charge < -0.3 is 22.4 Å². The summed E-state index contributed by atoms with van der Waals surface area (Å²) in [4.78, 5) is 0. The molecule has 1 heterocycles. The summed E-state index contributed by atoms with van der Waals surface area (Å²) in [6.45, 7) is -2.04. The first-order valence-electron chi connectivity index (χ1n) is 6.52. The minimum absolute atomic E-state index is 0. The van der Waals surface area contributed by atoms with E-state index in [1.165, 1.54) is 6.07 Å². The quantitative estimate of drug-likeness (QED) is 0.713. The molecule has 20 heavy (non-hydrogen) atoms. The number of hydrogen-bond acceptors (Lipinski definition) is 2. The van der Waals surface area contributed by atoms with Crippen LogP contribution in [0.15, 0.2) is 18.2 Å². The maximum absolute atomic E-state index is 12.6. The molecule has 1 fully saturated rings. The molecule has 106 valence electrons. The molecule has 2 nitrogen and oxygen atoms in total. The number of rotatable bonds is 5. The summed E-state index contributed by atoms with van der Waals surface area (Å²) >= 11 is 0. The smallest absolute Gasteiger partial charge is 0.493 e. The van der Waals surface area contributed by atoms with E-state index in [-0.39, 0.29) is 57.5 Å². The van der Waals surface area contributed by atoms with Gasteiger partial charge in [-0.25, -0.2) is 0 Å². The maximum Gasteiger partial charge on any atom is 1.00 e. The third-order valence-corrected chi connectivity index (χ3v) is 3.30. The van der Waals surface area contributed by atoms with E-state index >= 15 is 0 Å². The Morgan fingerprint density at radius 2 is 2.10 bits per heavy atom. The molecule has 0 N–H and O–H groups in total. The molecule has 1 aliphatic heterocycles. The van der Waals surface area contributed by atoms with Crippen LogP contribution >= 0.6 is 0 Å². The minimum atomic E-state index is -4.94. The molecule has 1 aromatic carbocycles. The Morgan fingerprint density at radius 3 is 2.65 bits per heavy atom. The normalized spacial score (nSPS) is 18.7. The van der Waals surface area contributed by atoms with Gasteiger partial charge in [0.05, 0.1) is 12.7 Å². The van der Waals surface area contributed by atoms with Gasteiger partial charge in [-0.2, -0.15) is 0 Å². The zero-order valence-corrected chi connectivity index (χ0v) is 15.0. The van der Waals surface area contributed by atoms with Crippen molar-refractivity contribution in [2.45, 2.75) is 32.3 Å². The SMILES string of the molecule is Cc1cc([B-](F)(F)F)ccc1OCCC1CCCO1.[K+]. The Hall–Kier alpha value is 0.471. The molecule has 0 aromatic heterocycles. The number of ether oxygens (including phenoxy) is 2. The van der Waals surface area contributed by atoms with E-state index < -0.39 is 12.4 Å². The fourth-order valence-electron chi connectivity index (χ4n) is 2.21. The van der Waals surface area contributed by atoms with Crippen LogP contribution in [0.25, 0.3) is 0 Å². The van der Waals surface area contributed by atoms with E-state index in [1.54, 1.807) is 6.92 Å². The molecule has 0 radical (unpaired) electrons. The number of aryl methyl sites for hydroxylation is 1. The standard InChI is InChI=1S/C13H17BF3O2.K/c1-10-9-11(14(15,16)17)4-5-13(10)19-8-6-12-3-2-7-18-12;/h4-5,9,12H,2-3,6-8H2,1H3;/q-1;+1. The van der Waals surface area contributed by atoms with Crippen LogP contribution in [0, 0.1) is 6.92 Å². The van der Waals surface area contributed by atoms with Crippen LogP contribution < -0.4 is 61.6 Å². The van der Waals surface area contributed by atoms with Crippen molar-refractivity contribution in [3.8, 4) is 5.75 Å². The van der Waals surface area contributed by atoms with E-state index in [1.807, 2.05) is 0 Å². The van der Waals surface area contributed by atoms with Crippen LogP contribution in [0.5, 0.6) is 5.75 Å². The molecule has 7 heteroatoms. The van der Waals surface area contributed by atoms with Gasteiger partial charge in [-0.1, -0.05) is 12.1 Å². The summed E-state index contributed by atoms with van der Waals surface area (Å²) in [5, 5.41) is 0. The summed E-state index contributed by atoms with van der Waals surface area (Å²) < 4.78 is 48.7. The summed E-state index contributed by atoms with van der Waals surface area (Å²) in [6, 6.07) is 3.62. The average molecular weight is 312 g/mol. The monoisotopic (exact) mass is 312 g/mol. The average Bonchev–Trinajstić information content (AvgIpc) is 2.83. The molecule has 0 aliphatic carbocycles. The van der Waals surface area contributed by atoms with Crippen LogP contribution in [-0.4, -0.2) is 26.3 Å². The third-order valence-electron chi connectivity index (χ3n) is 3.30. The summed E-state index contributed by atoms with van der Waals surface area (Å²) in [5.74, 6) is 0.516. The first kappa shape index (κ1) is 18.5. The summed E-state index contributed by atoms with van der Waals surface area (Å²) in [6.07, 6.45) is 3.13. The van der Waals surface area contributed by atoms with Gasteiger partial charge in [0.25, 0.3) is 0 Å². The molecular weight excluding hydrogens is 295 g/mol. The van der Waals surface area contributed by atoms with Crippen molar-refractivity contribution in [3.63, 3.8) is 0 Å². The molecule has 1 saturated heterocycles. The molecule has 1 atom stereocenters. The molecular formula is C13H17BF3KO2. The van der Waals surface area contributed by atoms with Gasteiger partial charge in [-0.3, -0.25) is 0 Å². The van der Waals surface area contributed by atoms with Crippen LogP contribution in [0.1, 0.15) is 24.8 Å². The van der Waals surface area contributed by atoms with Crippen molar-refractivity contribution in [3.05, 3.63) is 23.8 Å². The second-order valence-corrected chi connectivity index (χ2v) is 4.87. The number of halogens is 3. The minimum Gasteiger partial charge on any atom is -0.493 e. The van der Waals surface area contributed by atoms with Gasteiger partial charge in [0.2, 0.25) is 0 Å². The van der Waals surface area contributed by atoms with Crippen molar-refractivity contribution in [1.29, 1.82) is 0 Å². The van der Waals surface area contributed by atoms with Crippen LogP contribution in [0.2, 0.25) is 0 Å². The Balaban J connectivity index is 0.00000200. The van der Waals surface area contributed by atoms with Crippen molar-refractivity contribution >= 4 is 12.4 Å². The Morgan fingerprint density at radius 1 is 1.35 bits per heavy atom. The Bertz CT molecular complexity index is 434. The molecule has 0 bridgehead atoms. The Labute approximate surface area is 159 Å². The zero-order chi connectivity index (χ0) is 13.9. The summed E-state index contributed by atoms with van der Waals surface area (Å²) in [7, 11) is 0. The van der Waals surface area contributed by atoms with Gasteiger partial charge in [0.15, 0.2) is 0 Å². The molecule has 0 saturated carbocycles. The van der Waals surface area contributed by atoms with E-state index in [0.717, 1.165) is 38.0 Å². The molecule has 1 aromatic rings. The summed E-state index contributed by atoms with van der Waals surface area (Å²) in [5.41, 5.74) is -0.0620. The zero-order valence-electron chi connectivity index (χ0n) is 11.9. The fraction of sp³-hybridized carbons (Fsp3) is 0.538. The van der Waals surface area contributed by atoms with Crippen molar-refractivity contribution in [2.24, 2.45) is 0 Å². The van der Waals surface area contributed by atoms with Crippen molar-refractivity contribution in [2.75, 3.05) is 13.2 Å². The first-order chi connectivity index (χ1) is 8.97. The molecule has 2 rings (SSSR count). The van der Waals surface area contributed by atoms with E-state index in [4.69, 9.17) is 9.47 Å². The van der Waals surface area contributed by atoms with Crippen LogP contribution in [0.4, 0.5) is 12.9 Å². The van der Waals surface area contributed by atoms with Gasteiger partial charge in [-0.05, 0) is 31.4 Å². The number of benzene rings is 1. The predicted octanol–water partition coefficient (Wildman–Crippen LogP) is 0.00132. The second-order valence-electron chi connectivity index (χ2n) is 4.87. The fourth-order valence-corrected chi connectivity index (χ4v) is 2.21. The predicted molar refractivity (Wildman–Crippen MR) is 69.0 cm³/mol. The second kappa shape index (κ2) is 8.20. The van der Waals surface area contributed by atoms with E-state index in [0.29, 0.717) is 17.9 Å². The van der Waals surface area contributed by atoms with Gasteiger partial charge in [0, 0.05) is 13.0 Å². The first-order valence-corrected chi connectivity index (χ1v) is 6.52. The van der Waals surface area contributed by atoms with E-state index in [2.05, 4.69) is 0 Å². The van der Waals surface area contributed by atoms with Crippen molar-refractivity contribution in [1.82, 2.24) is 0 Å². The molecule has 0 amide bonds. The van der Waals surface area contributed by atoms with Gasteiger partial charge in [-0.15, -0.1) is 5.46 Å². The molecule has 1 unspecified atom stereocenters. The van der Waals surface area contributed by atoms with E-state index in [9.17, 15) is 12.9 Å². The van der Waals surface area contributed by atoms with Crippen LogP contribution in [0.3, 0.4) is 0 Å². The molecule has 1 aliphatic rings. The number of hydrogen-bond donors (Lipinski definition) is 0. The maximum atomic E-state index is 12.6. The Kier molecular flexibility index (Phi) is 7.59. The van der Waals surface area contributed by atoms with Gasteiger partial charge >= 0.3 is 58.4 Å². The topological polar surface area (TPSA) is 18.5 Å². The van der Waals surface area contributed by atoms with Crippen molar-refractivity contribution < 1.29 is 73.8 Å². The third kappa shape index (κ3) is 5.35.